The third-order valence-electron chi connectivity index (χ3n) is 2.00. The number of aliphatic hydroxyl groups excluding tert-OH is 2. The molecule has 0 radical (unpaired) electrons. The number of carbonyl (C=O) groups is 2. The molecule has 1 rings (SSSR count). The van der Waals surface area contributed by atoms with Crippen LogP contribution in [0.4, 0.5) is 0 Å². The van der Waals surface area contributed by atoms with Crippen LogP contribution in [0.15, 0.2) is 0 Å². The smallest absolute Gasteiger partial charge is 0.303 e. The van der Waals surface area contributed by atoms with Crippen molar-refractivity contribution in [3.05, 3.63) is 0 Å². The van der Waals surface area contributed by atoms with Gasteiger partial charge in [-0.3, -0.25) is 9.59 Å². The average molecular weight is 236 g/mol. The summed E-state index contributed by atoms with van der Waals surface area (Å²) in [4.78, 5) is 22.0. The summed E-state index contributed by atoms with van der Waals surface area (Å²) in [5, 5.41) is 18.5. The Balaban J connectivity index is 2.75. The summed E-state index contributed by atoms with van der Waals surface area (Å²) in [5.41, 5.74) is 0. The van der Waals surface area contributed by atoms with Crippen LogP contribution in [-0.2, 0) is 23.8 Å². The molecule has 1 aliphatic rings. The quantitative estimate of drug-likeness (QED) is 0.578. The Labute approximate surface area is 94.7 Å². The molecule has 1 saturated heterocycles. The molecule has 1 aliphatic heterocycles. The minimum atomic E-state index is -1.55. The molecule has 1 fully saturated rings. The SMILES string of the molecule is [2H]CC(=O)O[C@@H]1[C@@H](CO)OC(O)[C@@H]1OC(=O)C[2H]. The van der Waals surface area contributed by atoms with Crippen molar-refractivity contribution in [1.29, 1.82) is 0 Å². The van der Waals surface area contributed by atoms with E-state index in [1.807, 2.05) is 0 Å². The maximum absolute atomic E-state index is 11.0. The molecule has 7 nitrogen and oxygen atoms in total. The first-order chi connectivity index (χ1) is 8.53. The maximum Gasteiger partial charge on any atom is 0.303 e. The highest BCUT2D eigenvalue weighted by Crippen LogP contribution is 2.25. The van der Waals surface area contributed by atoms with Gasteiger partial charge < -0.3 is 24.4 Å². The van der Waals surface area contributed by atoms with Gasteiger partial charge in [0, 0.05) is 16.5 Å². The number of aliphatic hydroxyl groups is 2. The fourth-order valence-corrected chi connectivity index (χ4v) is 1.43. The summed E-state index contributed by atoms with van der Waals surface area (Å²) >= 11 is 0. The predicted molar refractivity (Wildman–Crippen MR) is 49.1 cm³/mol. The average Bonchev–Trinajstić information content (AvgIpc) is 2.66. The summed E-state index contributed by atoms with van der Waals surface area (Å²) in [6.45, 7) is -1.86. The Morgan fingerprint density at radius 3 is 2.38 bits per heavy atom. The third-order valence-corrected chi connectivity index (χ3v) is 2.00. The van der Waals surface area contributed by atoms with E-state index in [9.17, 15) is 14.7 Å². The highest BCUT2D eigenvalue weighted by molar-refractivity contribution is 5.67. The van der Waals surface area contributed by atoms with Crippen molar-refractivity contribution >= 4 is 11.9 Å². The molecule has 92 valence electrons. The zero-order chi connectivity index (χ0) is 13.7. The lowest BCUT2D eigenvalue weighted by Crippen LogP contribution is -2.40. The van der Waals surface area contributed by atoms with E-state index in [0.29, 0.717) is 0 Å². The van der Waals surface area contributed by atoms with Crippen LogP contribution in [0.25, 0.3) is 0 Å². The zero-order valence-corrected chi connectivity index (χ0v) is 8.37. The van der Waals surface area contributed by atoms with Gasteiger partial charge in [0.25, 0.3) is 0 Å². The monoisotopic (exact) mass is 236 g/mol. The van der Waals surface area contributed by atoms with E-state index in [1.165, 1.54) is 0 Å². The molecule has 2 N–H and O–H groups in total. The van der Waals surface area contributed by atoms with Gasteiger partial charge in [-0.05, 0) is 0 Å². The van der Waals surface area contributed by atoms with Gasteiger partial charge in [0.1, 0.15) is 6.10 Å². The Morgan fingerprint density at radius 2 is 1.88 bits per heavy atom. The first-order valence-electron chi connectivity index (χ1n) is 5.86. The van der Waals surface area contributed by atoms with E-state index in [4.69, 9.17) is 22.1 Å². The van der Waals surface area contributed by atoms with Crippen molar-refractivity contribution in [3.63, 3.8) is 0 Å². The molecule has 0 spiro atoms. The van der Waals surface area contributed by atoms with Crippen LogP contribution >= 0.6 is 0 Å². The van der Waals surface area contributed by atoms with Crippen LogP contribution in [0.2, 0.25) is 0 Å². The van der Waals surface area contributed by atoms with E-state index in [0.717, 1.165) is 0 Å². The molecule has 16 heavy (non-hydrogen) atoms. The number of hydrogen-bond acceptors (Lipinski definition) is 7. The summed E-state index contributed by atoms with van der Waals surface area (Å²) in [6, 6.07) is 0. The largest absolute Gasteiger partial charge is 0.455 e. The van der Waals surface area contributed by atoms with Crippen molar-refractivity contribution in [2.45, 2.75) is 38.4 Å². The molecule has 1 heterocycles. The van der Waals surface area contributed by atoms with Crippen molar-refractivity contribution in [2.75, 3.05) is 6.61 Å². The Morgan fingerprint density at radius 1 is 1.31 bits per heavy atom. The first kappa shape index (κ1) is 10.0. The Bertz CT molecular complexity index is 311. The molecule has 4 atom stereocenters. The molecular formula is C9H14O7. The van der Waals surface area contributed by atoms with Crippen LogP contribution in [0.3, 0.4) is 0 Å². The van der Waals surface area contributed by atoms with Gasteiger partial charge in [0.2, 0.25) is 0 Å². The van der Waals surface area contributed by atoms with E-state index < -0.39 is 56.9 Å². The van der Waals surface area contributed by atoms with Gasteiger partial charge in [-0.2, -0.15) is 0 Å². The highest BCUT2D eigenvalue weighted by atomic mass is 16.7. The summed E-state index contributed by atoms with van der Waals surface area (Å²) in [6.07, 6.45) is -5.10. The lowest BCUT2D eigenvalue weighted by molar-refractivity contribution is -0.174. The van der Waals surface area contributed by atoms with E-state index >= 15 is 0 Å². The topological polar surface area (TPSA) is 102 Å². The van der Waals surface area contributed by atoms with E-state index in [-0.39, 0.29) is 0 Å². The number of ether oxygens (including phenoxy) is 3. The van der Waals surface area contributed by atoms with Crippen LogP contribution in [0.1, 0.15) is 16.5 Å². The van der Waals surface area contributed by atoms with Gasteiger partial charge in [-0.15, -0.1) is 0 Å². The molecule has 0 saturated carbocycles. The second-order valence-corrected chi connectivity index (χ2v) is 3.16. The second-order valence-electron chi connectivity index (χ2n) is 3.16. The van der Waals surface area contributed by atoms with Gasteiger partial charge in [-0.1, -0.05) is 0 Å². The summed E-state index contributed by atoms with van der Waals surface area (Å²) in [5.74, 6) is -1.82. The van der Waals surface area contributed by atoms with Gasteiger partial charge in [0.05, 0.1) is 6.61 Å². The molecule has 0 bridgehead atoms. The van der Waals surface area contributed by atoms with Crippen molar-refractivity contribution in [2.24, 2.45) is 0 Å². The van der Waals surface area contributed by atoms with Crippen molar-refractivity contribution in [1.82, 2.24) is 0 Å². The molecular weight excluding hydrogens is 220 g/mol. The minimum absolute atomic E-state index is 0.554. The molecule has 0 aliphatic carbocycles. The standard InChI is InChI=1S/C9H14O7/c1-4(11)14-7-6(3-10)16-9(13)8(7)15-5(2)12/h6-10,13H,3H2,1-2H3/t6-,7-,8-,9?/m1/s1/i1D,2D. The zero-order valence-electron chi connectivity index (χ0n) is 10.4. The van der Waals surface area contributed by atoms with Crippen LogP contribution in [-0.4, -0.2) is 53.4 Å². The minimum Gasteiger partial charge on any atom is -0.455 e. The Kier molecular flexibility index (Phi) is 3.28. The van der Waals surface area contributed by atoms with Gasteiger partial charge in [-0.25, -0.2) is 0 Å². The number of hydrogen-bond donors (Lipinski definition) is 2. The fourth-order valence-electron chi connectivity index (χ4n) is 1.43. The highest BCUT2D eigenvalue weighted by Gasteiger charge is 2.48. The molecule has 1 unspecified atom stereocenters. The third kappa shape index (κ3) is 2.91. The molecule has 0 aromatic heterocycles. The van der Waals surface area contributed by atoms with Crippen molar-refractivity contribution < 1.29 is 36.8 Å². The number of carbonyl (C=O) groups excluding carboxylic acids is 2. The molecule has 0 aromatic carbocycles. The number of rotatable bonds is 3. The molecule has 0 aromatic rings. The van der Waals surface area contributed by atoms with E-state index in [2.05, 4.69) is 0 Å². The van der Waals surface area contributed by atoms with Crippen LogP contribution < -0.4 is 0 Å². The van der Waals surface area contributed by atoms with Crippen LogP contribution in [0.5, 0.6) is 0 Å². The summed E-state index contributed by atoms with van der Waals surface area (Å²) in [7, 11) is 0. The Hall–Kier alpha value is -1.18. The lowest BCUT2D eigenvalue weighted by atomic mass is 10.1. The normalized spacial score (nSPS) is 35.1. The lowest BCUT2D eigenvalue weighted by Gasteiger charge is -2.21. The fraction of sp³-hybridized carbons (Fsp3) is 0.778. The predicted octanol–water partition coefficient (Wildman–Crippen LogP) is -1.44. The van der Waals surface area contributed by atoms with E-state index in [1.54, 1.807) is 0 Å². The van der Waals surface area contributed by atoms with Gasteiger partial charge in [0.15, 0.2) is 18.5 Å². The van der Waals surface area contributed by atoms with Crippen LogP contribution in [0, 0.1) is 0 Å². The van der Waals surface area contributed by atoms with Gasteiger partial charge >= 0.3 is 11.9 Å². The molecule has 0 amide bonds. The second kappa shape index (κ2) is 5.24. The maximum atomic E-state index is 11.0. The molecule has 7 heteroatoms. The number of esters is 2. The summed E-state index contributed by atoms with van der Waals surface area (Å²) < 4.78 is 28.0. The first-order valence-corrected chi connectivity index (χ1v) is 4.45. The van der Waals surface area contributed by atoms with Crippen molar-refractivity contribution in [3.8, 4) is 0 Å².